The topological polar surface area (TPSA) is 79.3 Å². The fourth-order valence-corrected chi connectivity index (χ4v) is 4.14. The predicted octanol–water partition coefficient (Wildman–Crippen LogP) is 3.97. The first-order valence-corrected chi connectivity index (χ1v) is 11.0. The molecule has 3 aromatic rings. The van der Waals surface area contributed by atoms with Crippen LogP contribution in [0.1, 0.15) is 40.2 Å². The molecule has 0 unspecified atom stereocenters. The van der Waals surface area contributed by atoms with Gasteiger partial charge in [-0.1, -0.05) is 48.5 Å². The number of hydrogen-bond acceptors (Lipinski definition) is 3. The molecule has 166 valence electrons. The van der Waals surface area contributed by atoms with Crippen LogP contribution < -0.4 is 10.6 Å². The molecule has 0 saturated carbocycles. The van der Waals surface area contributed by atoms with E-state index >= 15 is 0 Å². The van der Waals surface area contributed by atoms with E-state index < -0.39 is 0 Å². The van der Waals surface area contributed by atoms with E-state index in [0.29, 0.717) is 25.2 Å². The Labute approximate surface area is 188 Å². The molecule has 1 saturated heterocycles. The maximum atomic E-state index is 13.0. The number of likely N-dealkylation sites (tertiary alicyclic amines) is 1. The Bertz CT molecular complexity index is 1070. The average molecular weight is 432 g/mol. The van der Waals surface area contributed by atoms with Crippen LogP contribution in [-0.2, 0) is 6.54 Å². The van der Waals surface area contributed by atoms with E-state index in [1.165, 1.54) is 0 Å². The Morgan fingerprint density at radius 1 is 0.969 bits per heavy atom. The number of aromatic nitrogens is 2. The summed E-state index contributed by atoms with van der Waals surface area (Å²) in [5.74, 6) is -0.0912. The Morgan fingerprint density at radius 3 is 2.25 bits per heavy atom. The molecule has 0 aliphatic carbocycles. The number of benzene rings is 2. The van der Waals surface area contributed by atoms with Gasteiger partial charge in [-0.25, -0.2) is 4.79 Å². The van der Waals surface area contributed by atoms with Crippen molar-refractivity contribution >= 4 is 17.6 Å². The van der Waals surface area contributed by atoms with Crippen LogP contribution in [-0.4, -0.2) is 45.8 Å². The maximum absolute atomic E-state index is 13.0. The number of aryl methyl sites for hydroxylation is 1. The molecule has 1 aliphatic rings. The van der Waals surface area contributed by atoms with Crippen LogP contribution in [0.3, 0.4) is 0 Å². The van der Waals surface area contributed by atoms with Crippen LogP contribution in [0.5, 0.6) is 0 Å². The zero-order valence-corrected chi connectivity index (χ0v) is 18.5. The van der Waals surface area contributed by atoms with Crippen molar-refractivity contribution in [3.8, 4) is 0 Å². The van der Waals surface area contributed by atoms with E-state index in [1.807, 2.05) is 67.1 Å². The summed E-state index contributed by atoms with van der Waals surface area (Å²) in [6.45, 7) is 5.66. The van der Waals surface area contributed by atoms with Gasteiger partial charge in [-0.3, -0.25) is 9.48 Å². The number of hydrogen-bond donors (Lipinski definition) is 2. The van der Waals surface area contributed by atoms with Crippen LogP contribution in [0.25, 0.3) is 0 Å². The third kappa shape index (κ3) is 4.99. The van der Waals surface area contributed by atoms with Crippen molar-refractivity contribution in [2.24, 2.45) is 0 Å². The lowest BCUT2D eigenvalue weighted by molar-refractivity contribution is 0.0918. The predicted molar refractivity (Wildman–Crippen MR) is 125 cm³/mol. The van der Waals surface area contributed by atoms with Crippen LogP contribution in [0.4, 0.5) is 10.5 Å². The number of rotatable bonds is 5. The van der Waals surface area contributed by atoms with Gasteiger partial charge in [-0.05, 0) is 44.4 Å². The first kappa shape index (κ1) is 21.6. The number of nitrogens with one attached hydrogen (secondary N) is 2. The highest BCUT2D eigenvalue weighted by Gasteiger charge is 2.26. The summed E-state index contributed by atoms with van der Waals surface area (Å²) in [6, 6.07) is 19.5. The molecule has 1 aliphatic heterocycles. The van der Waals surface area contributed by atoms with Crippen molar-refractivity contribution in [2.75, 3.05) is 18.4 Å². The van der Waals surface area contributed by atoms with E-state index in [9.17, 15) is 9.59 Å². The number of carbonyl (C=O) groups excluding carboxylic acids is 2. The maximum Gasteiger partial charge on any atom is 0.321 e. The van der Waals surface area contributed by atoms with E-state index in [2.05, 4.69) is 27.9 Å². The average Bonchev–Trinajstić information content (AvgIpc) is 3.08. The molecule has 2 aromatic carbocycles. The highest BCUT2D eigenvalue weighted by Crippen LogP contribution is 2.18. The molecular weight excluding hydrogens is 402 g/mol. The molecule has 1 aromatic heterocycles. The Hall–Kier alpha value is -3.61. The summed E-state index contributed by atoms with van der Waals surface area (Å²) in [7, 11) is 0. The van der Waals surface area contributed by atoms with Gasteiger partial charge >= 0.3 is 6.03 Å². The minimum absolute atomic E-state index is 0.0412. The number of piperidine rings is 1. The van der Waals surface area contributed by atoms with Crippen LogP contribution in [0, 0.1) is 13.8 Å². The number of para-hydroxylation sites is 1. The summed E-state index contributed by atoms with van der Waals surface area (Å²) < 4.78 is 1.89. The molecule has 32 heavy (non-hydrogen) atoms. The summed E-state index contributed by atoms with van der Waals surface area (Å²) in [5, 5.41) is 10.7. The Kier molecular flexibility index (Phi) is 6.54. The van der Waals surface area contributed by atoms with Crippen molar-refractivity contribution in [3.05, 3.63) is 83.2 Å². The minimum atomic E-state index is -0.102. The van der Waals surface area contributed by atoms with Gasteiger partial charge in [0.2, 0.25) is 0 Å². The molecule has 1 fully saturated rings. The van der Waals surface area contributed by atoms with Crippen molar-refractivity contribution in [2.45, 2.75) is 39.3 Å². The fraction of sp³-hybridized carbons (Fsp3) is 0.320. The van der Waals surface area contributed by atoms with E-state index in [4.69, 9.17) is 0 Å². The molecule has 0 radical (unpaired) electrons. The number of urea groups is 1. The molecule has 0 atom stereocenters. The summed E-state index contributed by atoms with van der Waals surface area (Å²) in [5.41, 5.74) is 4.17. The SMILES string of the molecule is Cc1nn(Cc2ccccc2)c(C)c1C(=O)NC1CCN(C(=O)Nc2ccccc2)CC1. The lowest BCUT2D eigenvalue weighted by atomic mass is 10.0. The van der Waals surface area contributed by atoms with Gasteiger partial charge < -0.3 is 15.5 Å². The quantitative estimate of drug-likeness (QED) is 0.641. The van der Waals surface area contributed by atoms with E-state index in [1.54, 1.807) is 4.90 Å². The Balaban J connectivity index is 1.33. The smallest absolute Gasteiger partial charge is 0.321 e. The van der Waals surface area contributed by atoms with E-state index in [0.717, 1.165) is 35.5 Å². The minimum Gasteiger partial charge on any atom is -0.349 e. The van der Waals surface area contributed by atoms with Crippen molar-refractivity contribution in [1.82, 2.24) is 20.0 Å². The Morgan fingerprint density at radius 2 is 1.59 bits per heavy atom. The third-order valence-corrected chi connectivity index (χ3v) is 5.93. The third-order valence-electron chi connectivity index (χ3n) is 5.93. The van der Waals surface area contributed by atoms with Gasteiger partial charge in [0.1, 0.15) is 0 Å². The van der Waals surface area contributed by atoms with Gasteiger partial charge in [0.25, 0.3) is 5.91 Å². The van der Waals surface area contributed by atoms with E-state index in [-0.39, 0.29) is 18.0 Å². The molecule has 2 N–H and O–H groups in total. The number of anilines is 1. The lowest BCUT2D eigenvalue weighted by Crippen LogP contribution is -2.47. The molecule has 2 heterocycles. The molecule has 0 bridgehead atoms. The molecule has 7 nitrogen and oxygen atoms in total. The molecule has 7 heteroatoms. The second-order valence-electron chi connectivity index (χ2n) is 8.22. The van der Waals surface area contributed by atoms with Crippen molar-refractivity contribution in [3.63, 3.8) is 0 Å². The molecular formula is C25H29N5O2. The van der Waals surface area contributed by atoms with Gasteiger partial charge in [-0.2, -0.15) is 5.10 Å². The zero-order chi connectivity index (χ0) is 22.5. The second kappa shape index (κ2) is 9.68. The van der Waals surface area contributed by atoms with Gasteiger partial charge in [0, 0.05) is 30.5 Å². The van der Waals surface area contributed by atoms with Crippen LogP contribution in [0.2, 0.25) is 0 Å². The molecule has 4 rings (SSSR count). The standard InChI is InChI=1S/C25H29N5O2/c1-18-23(19(2)30(28-18)17-20-9-5-3-6-10-20)24(31)26-22-13-15-29(16-14-22)25(32)27-21-11-7-4-8-12-21/h3-12,22H,13-17H2,1-2H3,(H,26,31)(H,27,32). The first-order valence-electron chi connectivity index (χ1n) is 11.0. The number of nitrogens with zero attached hydrogens (tertiary/aromatic N) is 3. The zero-order valence-electron chi connectivity index (χ0n) is 18.5. The van der Waals surface area contributed by atoms with Gasteiger partial charge in [-0.15, -0.1) is 0 Å². The monoisotopic (exact) mass is 431 g/mol. The number of carbonyl (C=O) groups is 2. The highest BCUT2D eigenvalue weighted by atomic mass is 16.2. The van der Waals surface area contributed by atoms with Crippen molar-refractivity contribution < 1.29 is 9.59 Å². The van der Waals surface area contributed by atoms with Crippen LogP contribution >= 0.6 is 0 Å². The summed E-state index contributed by atoms with van der Waals surface area (Å²) >= 11 is 0. The number of amides is 3. The van der Waals surface area contributed by atoms with Gasteiger partial charge in [0.15, 0.2) is 0 Å². The lowest BCUT2D eigenvalue weighted by Gasteiger charge is -2.32. The first-order chi connectivity index (χ1) is 15.5. The molecule has 0 spiro atoms. The van der Waals surface area contributed by atoms with Gasteiger partial charge in [0.05, 0.1) is 17.8 Å². The normalized spacial score (nSPS) is 14.2. The van der Waals surface area contributed by atoms with Crippen molar-refractivity contribution in [1.29, 1.82) is 0 Å². The van der Waals surface area contributed by atoms with Crippen LogP contribution in [0.15, 0.2) is 60.7 Å². The fourth-order valence-electron chi connectivity index (χ4n) is 4.14. The summed E-state index contributed by atoms with van der Waals surface area (Å²) in [6.07, 6.45) is 1.45. The summed E-state index contributed by atoms with van der Waals surface area (Å²) in [4.78, 5) is 27.3. The highest BCUT2D eigenvalue weighted by molar-refractivity contribution is 5.96. The molecule has 3 amide bonds. The largest absolute Gasteiger partial charge is 0.349 e. The second-order valence-corrected chi connectivity index (χ2v) is 8.22.